The van der Waals surface area contributed by atoms with E-state index in [2.05, 4.69) is 63.5 Å². The van der Waals surface area contributed by atoms with Crippen molar-refractivity contribution < 1.29 is 102 Å². The average Bonchev–Trinajstić information content (AvgIpc) is 1.69. The maximum atomic E-state index is 16.1. The zero-order chi connectivity index (χ0) is 102. The number of aliphatic carboxylic acids is 1. The third-order valence-electron chi connectivity index (χ3n) is 24.6. The number of guanidine groups is 1. The molecule has 0 radical (unpaired) electrons. The Morgan fingerprint density at radius 3 is 1.75 bits per heavy atom. The van der Waals surface area contributed by atoms with Gasteiger partial charge in [0.1, 0.15) is 96.9 Å². The highest BCUT2D eigenvalue weighted by Crippen LogP contribution is 2.29. The van der Waals surface area contributed by atoms with Crippen LogP contribution in [0, 0.1) is 17.2 Å². The van der Waals surface area contributed by atoms with Crippen LogP contribution in [0.25, 0.3) is 21.8 Å². The Balaban J connectivity index is 1.23. The maximum Gasteiger partial charge on any atom is 0.323 e. The summed E-state index contributed by atoms with van der Waals surface area (Å²) in [7, 11) is 3.90. The summed E-state index contributed by atoms with van der Waals surface area (Å²) in [4.78, 5) is 272. The molecule has 2 aromatic heterocycles. The first-order chi connectivity index (χ1) is 65.4. The van der Waals surface area contributed by atoms with Gasteiger partial charge < -0.3 is 131 Å². The topological polar surface area (TPSA) is 665 Å². The van der Waals surface area contributed by atoms with Crippen LogP contribution in [0.1, 0.15) is 155 Å². The summed E-state index contributed by atoms with van der Waals surface area (Å²) in [6.45, 7) is 9.40. The van der Waals surface area contributed by atoms with Crippen molar-refractivity contribution in [3.63, 3.8) is 0 Å². The Morgan fingerprint density at radius 2 is 1.10 bits per heavy atom. The van der Waals surface area contributed by atoms with Crippen LogP contribution in [-0.2, 0) is 112 Å². The van der Waals surface area contributed by atoms with E-state index < -0.39 is 260 Å². The Hall–Kier alpha value is -13.5. The normalized spacial score (nSPS) is 24.5. The number of para-hydroxylation sites is 2. The van der Waals surface area contributed by atoms with Crippen molar-refractivity contribution >= 4 is 146 Å². The van der Waals surface area contributed by atoms with Gasteiger partial charge >= 0.3 is 5.97 Å². The lowest BCUT2D eigenvalue weighted by Gasteiger charge is -2.36. The summed E-state index contributed by atoms with van der Waals surface area (Å²) >= 11 is 0.780. The predicted molar refractivity (Wildman–Crippen MR) is 510 cm³/mol. The number of phenolic OH excluding ortho intramolecular Hbond substituents is 1. The fraction of sp³-hybridized carbons (Fsp3) is 0.559. The van der Waals surface area contributed by atoms with Crippen LogP contribution in [0.3, 0.4) is 0 Å². The van der Waals surface area contributed by atoms with Gasteiger partial charge in [-0.05, 0) is 111 Å². The molecule has 3 aliphatic rings. The number of primary amides is 2. The van der Waals surface area contributed by atoms with Crippen LogP contribution < -0.4 is 81.4 Å². The van der Waals surface area contributed by atoms with Gasteiger partial charge in [-0.3, -0.25) is 91.7 Å². The number of phenols is 1. The Morgan fingerprint density at radius 1 is 0.551 bits per heavy atom. The summed E-state index contributed by atoms with van der Waals surface area (Å²) in [5.41, 5.74) is 25.4. The number of carboxylic acid groups (broad SMARTS) is 1. The molecular formula is C93H135N23O21S. The average molecular weight is 1940 g/mol. The molecule has 3 aliphatic heterocycles. The number of likely N-dealkylation sites (N-methyl/N-ethyl adjacent to an activating group) is 3. The molecule has 17 amide bonds. The Bertz CT molecular complexity index is 5200. The van der Waals surface area contributed by atoms with E-state index in [-0.39, 0.29) is 94.9 Å². The highest BCUT2D eigenvalue weighted by Gasteiger charge is 2.47. The number of aliphatic hydroxyl groups is 1. The number of hydrogen-bond acceptors (Lipinski definition) is 23. The Labute approximate surface area is 804 Å². The molecule has 5 heterocycles. The number of hydrogen-bond donors (Lipinski definition) is 20. The molecule has 8 rings (SSSR count). The van der Waals surface area contributed by atoms with Crippen molar-refractivity contribution in [2.24, 2.45) is 34.8 Å². The molecular weight excluding hydrogens is 1810 g/mol. The van der Waals surface area contributed by atoms with E-state index in [4.69, 9.17) is 28.3 Å². The number of unbranched alkanes of at least 4 members (excludes halogenated alkanes) is 2. The van der Waals surface area contributed by atoms with E-state index >= 15 is 33.6 Å². The number of nitrogens with two attached hydrogens (primary N) is 4. The van der Waals surface area contributed by atoms with E-state index in [0.29, 0.717) is 64.2 Å². The van der Waals surface area contributed by atoms with Gasteiger partial charge in [0, 0.05) is 113 Å². The lowest BCUT2D eigenvalue weighted by Crippen LogP contribution is -2.61. The second-order valence-electron chi connectivity index (χ2n) is 36.2. The predicted octanol–water partition coefficient (Wildman–Crippen LogP) is -2.32. The molecule has 0 spiro atoms. The monoisotopic (exact) mass is 1940 g/mol. The standard InChI is InChI=1S/C93H135N23O21S/c1-11-13-25-71-85(130)104-62(35-50(3)4)82(127)110-69(80(125)101-44-76(96)120)48-138-49-77(121)102-65(37-53-29-31-56(117)32-30-53)88(133)111(8)52(7)79(124)106-67(41-75(95)119)90(135)115-34-20-28-72(115)86(131)109-68(42-94)84(129)107-64(36-51(5)6)91(136)116-46-57(118)40-74(116)87(132)105-63(38-54-43-100-60-23-17-15-21-58(54)60)83(128)103-61(24-19-33-99-93(97)98)81(126)108-66(89(134)113(10)73(26-14-12-2)92(137)112(71)9)39-55-45-114(47-78(122)123)70-27-18-16-22-59(55)70/h15-18,21-23,27,29-32,43,45,50-52,57,61-69,71-74,100,117-118H,11-14,19-20,24-26,28,33-42,44,46-49,94H2,1-10H3,(H2,95,119)(H2,96,120)(H,101,125)(H,102,121)(H,103,128)(H,104,130)(H,105,132)(H,106,124)(H,107,129)(H,108,126)(H,109,131)(H,110,127)(H,122,123)(H4,97,98,99)/t52-,57+,61-,62-,63-,64-,65-,66?,67-,68-,69-,71-,72?,73-,74-/m0/s1. The van der Waals surface area contributed by atoms with Gasteiger partial charge in [-0.15, -0.1) is 11.8 Å². The number of aromatic hydroxyl groups is 1. The number of carboxylic acids is 1. The number of thioether (sulfide) groups is 1. The van der Waals surface area contributed by atoms with E-state index in [0.717, 1.165) is 36.3 Å². The van der Waals surface area contributed by atoms with Crippen LogP contribution >= 0.6 is 11.8 Å². The smallest absolute Gasteiger partial charge is 0.323 e. The third-order valence-corrected chi connectivity index (χ3v) is 25.6. The van der Waals surface area contributed by atoms with Crippen molar-refractivity contribution in [1.82, 2.24) is 92.5 Å². The molecule has 0 aliphatic carbocycles. The largest absolute Gasteiger partial charge is 0.508 e. The zero-order valence-electron chi connectivity index (χ0n) is 79.7. The number of carbonyl (C=O) groups excluding carboxylic acids is 17. The number of amides is 17. The van der Waals surface area contributed by atoms with Crippen molar-refractivity contribution in [3.05, 3.63) is 102 Å². The van der Waals surface area contributed by atoms with Crippen molar-refractivity contribution in [3.8, 4) is 5.75 Å². The van der Waals surface area contributed by atoms with Gasteiger partial charge in [0.15, 0.2) is 5.96 Å². The van der Waals surface area contributed by atoms with E-state index in [1.165, 1.54) is 63.1 Å². The van der Waals surface area contributed by atoms with Crippen LogP contribution in [0.15, 0.2) is 85.2 Å². The summed E-state index contributed by atoms with van der Waals surface area (Å²) in [5.74, 6) is -19.5. The molecule has 754 valence electrons. The van der Waals surface area contributed by atoms with Crippen LogP contribution in [0.4, 0.5) is 0 Å². The molecule has 3 aromatic carbocycles. The number of rotatable bonds is 28. The number of carbonyl (C=O) groups is 18. The fourth-order valence-electron chi connectivity index (χ4n) is 17.2. The van der Waals surface area contributed by atoms with E-state index in [1.54, 1.807) is 82.4 Å². The highest BCUT2D eigenvalue weighted by molar-refractivity contribution is 8.00. The first-order valence-electron chi connectivity index (χ1n) is 46.6. The molecule has 138 heavy (non-hydrogen) atoms. The minimum atomic E-state index is -1.78. The summed E-state index contributed by atoms with van der Waals surface area (Å²) < 4.78 is 1.43. The molecule has 0 bridgehead atoms. The summed E-state index contributed by atoms with van der Waals surface area (Å²) in [5, 5.41) is 70.3. The van der Waals surface area contributed by atoms with Gasteiger partial charge in [0.25, 0.3) is 0 Å². The first-order valence-corrected chi connectivity index (χ1v) is 47.7. The third kappa shape index (κ3) is 31.0. The SMILES string of the molecule is CCCC[C@H]1C(=O)N(C)[C@@H](CCCC)C(=O)N[C@@H](CC(C)C)C(=O)N[C@H](C(=O)NCC(N)=O)CSCC(=O)N[C@@H](Cc2ccc(O)cc2)C(=O)N(C)[C@@H](C)C(=O)N[C@@H](CC(N)=O)C(=O)N2CCCC2C(=O)N[C@@H](CN)C(=O)N[C@@H](CC(C)C)C(=O)N2C[C@H](O)C[C@H]2C(=O)N[C@@H](Cc2c[nH]c3ccccc23)C(=O)N[C@@H](CCCNC(=N)N)C(=O)NC(Cc2cn(CC(=O)O)c3ccccc23)C(=O)N1C. The van der Waals surface area contributed by atoms with Crippen molar-refractivity contribution in [1.29, 1.82) is 5.41 Å². The number of aliphatic hydroxyl groups excluding tert-OH is 1. The highest BCUT2D eigenvalue weighted by atomic mass is 32.2. The number of nitrogens with one attached hydrogen (secondary N) is 13. The molecule has 15 atom stereocenters. The van der Waals surface area contributed by atoms with Crippen molar-refractivity contribution in [2.75, 3.05) is 65.4 Å². The van der Waals surface area contributed by atoms with E-state index in [1.807, 2.05) is 13.8 Å². The molecule has 3 fully saturated rings. The second-order valence-corrected chi connectivity index (χ2v) is 37.2. The quantitative estimate of drug-likeness (QED) is 0.0142. The van der Waals surface area contributed by atoms with Gasteiger partial charge in [0.2, 0.25) is 100 Å². The van der Waals surface area contributed by atoms with Gasteiger partial charge in [0.05, 0.1) is 24.8 Å². The van der Waals surface area contributed by atoms with E-state index in [9.17, 15) is 68.1 Å². The Kier molecular flexibility index (Phi) is 41.5. The van der Waals surface area contributed by atoms with Gasteiger partial charge in [-0.1, -0.05) is 116 Å². The summed E-state index contributed by atoms with van der Waals surface area (Å²) in [6.07, 6.45) is 0.762. The van der Waals surface area contributed by atoms with Crippen LogP contribution in [-0.4, -0.2) is 318 Å². The second kappa shape index (κ2) is 52.2. The zero-order valence-corrected chi connectivity index (χ0v) is 80.5. The molecule has 45 heteroatoms. The number of aromatic nitrogens is 2. The molecule has 24 N–H and O–H groups in total. The van der Waals surface area contributed by atoms with Crippen molar-refractivity contribution in [2.45, 2.75) is 255 Å². The number of H-pyrrole nitrogens is 1. The molecule has 0 saturated carbocycles. The van der Waals surface area contributed by atoms with Gasteiger partial charge in [-0.2, -0.15) is 0 Å². The first kappa shape index (κ1) is 110. The van der Waals surface area contributed by atoms with Gasteiger partial charge in [-0.25, -0.2) is 0 Å². The molecule has 2 unspecified atom stereocenters. The minimum absolute atomic E-state index is 0.00794. The molecule has 5 aromatic rings. The number of fused-ring (bicyclic) bond motifs is 4. The summed E-state index contributed by atoms with van der Waals surface area (Å²) in [6, 6.07) is -2.44. The molecule has 3 saturated heterocycles. The lowest BCUT2D eigenvalue weighted by atomic mass is 9.99. The fourth-order valence-corrected chi connectivity index (χ4v) is 18.0. The van der Waals surface area contributed by atoms with Crippen LogP contribution in [0.5, 0.6) is 5.75 Å². The number of benzene rings is 3. The maximum absolute atomic E-state index is 16.1. The minimum Gasteiger partial charge on any atom is -0.508 e. The van der Waals surface area contributed by atoms with Crippen LogP contribution in [0.2, 0.25) is 0 Å². The molecule has 44 nitrogen and oxygen atoms in total. The number of nitrogens with zero attached hydrogens (tertiary/aromatic N) is 6. The number of aromatic amines is 1. The lowest BCUT2D eigenvalue weighted by molar-refractivity contribution is -0.149.